The Kier molecular flexibility index (Phi) is 4.81. The predicted molar refractivity (Wildman–Crippen MR) is 111 cm³/mol. The summed E-state index contributed by atoms with van der Waals surface area (Å²) in [6.45, 7) is 13.0. The third-order valence-corrected chi connectivity index (χ3v) is 5.04. The second kappa shape index (κ2) is 6.88. The van der Waals surface area contributed by atoms with E-state index in [4.69, 9.17) is 0 Å². The third-order valence-electron chi connectivity index (χ3n) is 5.04. The van der Waals surface area contributed by atoms with Gasteiger partial charge in [-0.3, -0.25) is 0 Å². The molecular weight excluding hydrogens is 300 g/mol. The molecule has 0 radical (unpaired) electrons. The fourth-order valence-electron chi connectivity index (χ4n) is 3.33. The molecule has 0 heterocycles. The molecule has 1 aliphatic carbocycles. The first-order chi connectivity index (χ1) is 11.9. The summed E-state index contributed by atoms with van der Waals surface area (Å²) in [5.74, 6) is 0.306. The molecular formula is C25H28. The van der Waals surface area contributed by atoms with E-state index in [9.17, 15) is 0 Å². The number of benzene rings is 2. The largest absolute Gasteiger partial charge is 0.0959 e. The fourth-order valence-corrected chi connectivity index (χ4v) is 3.33. The van der Waals surface area contributed by atoms with Crippen molar-refractivity contribution in [3.63, 3.8) is 0 Å². The van der Waals surface area contributed by atoms with E-state index in [1.807, 2.05) is 0 Å². The molecule has 0 heteroatoms. The van der Waals surface area contributed by atoms with E-state index in [1.54, 1.807) is 0 Å². The van der Waals surface area contributed by atoms with Crippen LogP contribution < -0.4 is 0 Å². The second-order valence-corrected chi connectivity index (χ2v) is 7.90. The van der Waals surface area contributed by atoms with Gasteiger partial charge in [0.1, 0.15) is 0 Å². The molecule has 0 saturated carbocycles. The highest BCUT2D eigenvalue weighted by Gasteiger charge is 2.24. The maximum Gasteiger partial charge on any atom is 0.0284 e. The summed E-state index contributed by atoms with van der Waals surface area (Å²) in [7, 11) is 0. The molecule has 0 N–H and O–H groups in total. The van der Waals surface area contributed by atoms with Crippen LogP contribution in [0.1, 0.15) is 62.3 Å². The van der Waals surface area contributed by atoms with Crippen LogP contribution in [0.15, 0.2) is 72.8 Å². The molecule has 128 valence electrons. The van der Waals surface area contributed by atoms with Crippen LogP contribution in [0.5, 0.6) is 0 Å². The lowest BCUT2D eigenvalue weighted by Gasteiger charge is -2.20. The van der Waals surface area contributed by atoms with Crippen LogP contribution in [0, 0.1) is 0 Å². The Bertz CT molecular complexity index is 823. The summed E-state index contributed by atoms with van der Waals surface area (Å²) in [6.07, 6.45) is 7.82. The lowest BCUT2D eigenvalue weighted by Crippen LogP contribution is -2.10. The quantitative estimate of drug-likeness (QED) is 0.523. The van der Waals surface area contributed by atoms with Crippen molar-refractivity contribution in [2.24, 2.45) is 0 Å². The molecule has 0 aliphatic heterocycles. The maximum atomic E-state index is 4.12. The van der Waals surface area contributed by atoms with Crippen molar-refractivity contribution in [2.45, 2.75) is 45.4 Å². The van der Waals surface area contributed by atoms with Crippen molar-refractivity contribution < 1.29 is 0 Å². The number of allylic oxidation sites excluding steroid dienone is 4. The van der Waals surface area contributed by atoms with E-state index < -0.39 is 0 Å². The summed E-state index contributed by atoms with van der Waals surface area (Å²) in [5, 5.41) is 0. The zero-order valence-electron chi connectivity index (χ0n) is 15.8. The van der Waals surface area contributed by atoms with E-state index in [-0.39, 0.29) is 5.41 Å². The first-order valence-corrected chi connectivity index (χ1v) is 9.17. The van der Waals surface area contributed by atoms with Crippen molar-refractivity contribution in [2.75, 3.05) is 0 Å². The second-order valence-electron chi connectivity index (χ2n) is 7.90. The summed E-state index contributed by atoms with van der Waals surface area (Å²) in [5.41, 5.74) is 8.13. The van der Waals surface area contributed by atoms with Gasteiger partial charge in [0.2, 0.25) is 0 Å². The molecule has 0 amide bonds. The van der Waals surface area contributed by atoms with Crippen molar-refractivity contribution in [1.82, 2.24) is 0 Å². The van der Waals surface area contributed by atoms with Crippen LogP contribution >= 0.6 is 0 Å². The predicted octanol–water partition coefficient (Wildman–Crippen LogP) is 7.14. The Morgan fingerprint density at radius 1 is 1.04 bits per heavy atom. The number of fused-ring (bicyclic) bond motifs is 1. The first-order valence-electron chi connectivity index (χ1n) is 9.17. The van der Waals surface area contributed by atoms with E-state index >= 15 is 0 Å². The van der Waals surface area contributed by atoms with Gasteiger partial charge in [-0.15, -0.1) is 0 Å². The Labute approximate surface area is 152 Å². The molecule has 0 saturated heterocycles. The highest BCUT2D eigenvalue weighted by molar-refractivity contribution is 5.92. The summed E-state index contributed by atoms with van der Waals surface area (Å²) < 4.78 is 0. The lowest BCUT2D eigenvalue weighted by molar-refractivity contribution is 0.590. The molecule has 1 aliphatic rings. The molecule has 2 aromatic rings. The standard InChI is InChI=1S/C25H28/c1-6-18(2)11-16-23-22-10-8-7-9-20(22)17-24(23)19-12-14-21(15-13-19)25(3,4)5/h7-17,23H,2,6H2,1,3-5H3. The van der Waals surface area contributed by atoms with Crippen LogP contribution in [-0.4, -0.2) is 0 Å². The highest BCUT2D eigenvalue weighted by Crippen LogP contribution is 2.43. The molecule has 0 fully saturated rings. The molecule has 2 aromatic carbocycles. The van der Waals surface area contributed by atoms with Gasteiger partial charge in [0.15, 0.2) is 0 Å². The van der Waals surface area contributed by atoms with Gasteiger partial charge in [0.25, 0.3) is 0 Å². The zero-order valence-corrected chi connectivity index (χ0v) is 15.8. The summed E-state index contributed by atoms with van der Waals surface area (Å²) >= 11 is 0. The highest BCUT2D eigenvalue weighted by atomic mass is 14.3. The Hall–Kier alpha value is -2.34. The van der Waals surface area contributed by atoms with Gasteiger partial charge in [-0.05, 0) is 45.7 Å². The maximum absolute atomic E-state index is 4.12. The average molecular weight is 328 g/mol. The number of hydrogen-bond donors (Lipinski definition) is 0. The Balaban J connectivity index is 1.99. The zero-order chi connectivity index (χ0) is 18.0. The van der Waals surface area contributed by atoms with Gasteiger partial charge in [-0.1, -0.05) is 101 Å². The number of rotatable bonds is 4. The minimum absolute atomic E-state index is 0.184. The average Bonchev–Trinajstić information content (AvgIpc) is 2.97. The van der Waals surface area contributed by atoms with E-state index in [2.05, 4.69) is 101 Å². The number of hydrogen-bond acceptors (Lipinski definition) is 0. The monoisotopic (exact) mass is 328 g/mol. The molecule has 0 spiro atoms. The van der Waals surface area contributed by atoms with Crippen LogP contribution in [0.25, 0.3) is 11.6 Å². The van der Waals surface area contributed by atoms with E-state index in [0.717, 1.165) is 6.42 Å². The molecule has 0 bridgehead atoms. The molecule has 1 atom stereocenters. The first kappa shape index (κ1) is 17.5. The smallest absolute Gasteiger partial charge is 0.0284 e. The summed E-state index contributed by atoms with van der Waals surface area (Å²) in [6, 6.07) is 17.8. The minimum Gasteiger partial charge on any atom is -0.0959 e. The normalized spacial score (nSPS) is 16.8. The Morgan fingerprint density at radius 2 is 1.72 bits per heavy atom. The fraction of sp³-hybridized carbons (Fsp3) is 0.280. The van der Waals surface area contributed by atoms with Crippen molar-refractivity contribution in [1.29, 1.82) is 0 Å². The van der Waals surface area contributed by atoms with Gasteiger partial charge >= 0.3 is 0 Å². The van der Waals surface area contributed by atoms with Crippen molar-refractivity contribution in [3.05, 3.63) is 95.1 Å². The SMILES string of the molecule is C=C(C=CC1C(c2ccc(C(C)(C)C)cc2)=Cc2ccccc21)CC. The van der Waals surface area contributed by atoms with Crippen LogP contribution in [-0.2, 0) is 5.41 Å². The summed E-state index contributed by atoms with van der Waals surface area (Å²) in [4.78, 5) is 0. The molecule has 25 heavy (non-hydrogen) atoms. The van der Waals surface area contributed by atoms with E-state index in [0.29, 0.717) is 5.92 Å². The van der Waals surface area contributed by atoms with Crippen LogP contribution in [0.2, 0.25) is 0 Å². The molecule has 3 rings (SSSR count). The van der Waals surface area contributed by atoms with Crippen molar-refractivity contribution >= 4 is 11.6 Å². The van der Waals surface area contributed by atoms with Gasteiger partial charge in [0.05, 0.1) is 0 Å². The topological polar surface area (TPSA) is 0 Å². The van der Waals surface area contributed by atoms with Crippen molar-refractivity contribution in [3.8, 4) is 0 Å². The van der Waals surface area contributed by atoms with Gasteiger partial charge in [-0.2, -0.15) is 0 Å². The van der Waals surface area contributed by atoms with Crippen LogP contribution in [0.4, 0.5) is 0 Å². The van der Waals surface area contributed by atoms with E-state index in [1.165, 1.54) is 33.4 Å². The molecule has 1 unspecified atom stereocenters. The lowest BCUT2D eigenvalue weighted by atomic mass is 9.85. The van der Waals surface area contributed by atoms with Gasteiger partial charge < -0.3 is 0 Å². The Morgan fingerprint density at radius 3 is 2.36 bits per heavy atom. The van der Waals surface area contributed by atoms with Crippen LogP contribution in [0.3, 0.4) is 0 Å². The molecule has 0 nitrogen and oxygen atoms in total. The molecule has 0 aromatic heterocycles. The van der Waals surface area contributed by atoms with Gasteiger partial charge in [0, 0.05) is 5.92 Å². The third kappa shape index (κ3) is 3.69. The minimum atomic E-state index is 0.184. The van der Waals surface area contributed by atoms with Gasteiger partial charge in [-0.25, -0.2) is 0 Å².